The van der Waals surface area contributed by atoms with Crippen LogP contribution in [0.1, 0.15) is 52.9 Å². The van der Waals surface area contributed by atoms with Gasteiger partial charge in [0.25, 0.3) is 0 Å². The summed E-state index contributed by atoms with van der Waals surface area (Å²) in [6.45, 7) is 8.41. The highest BCUT2D eigenvalue weighted by molar-refractivity contribution is 5.78. The molecule has 19 heavy (non-hydrogen) atoms. The van der Waals surface area contributed by atoms with Gasteiger partial charge in [-0.25, -0.2) is 0 Å². The summed E-state index contributed by atoms with van der Waals surface area (Å²) in [5.41, 5.74) is -0.760. The number of hydrogen-bond donors (Lipinski definition) is 2. The molecule has 0 bridgehead atoms. The number of hydrogen-bond acceptors (Lipinski definition) is 3. The van der Waals surface area contributed by atoms with Crippen LogP contribution in [0.2, 0.25) is 0 Å². The molecule has 2 N–H and O–H groups in total. The van der Waals surface area contributed by atoms with E-state index in [2.05, 4.69) is 24.1 Å². The van der Waals surface area contributed by atoms with Gasteiger partial charge in [-0.05, 0) is 58.4 Å². The van der Waals surface area contributed by atoms with Crippen LogP contribution in [0.15, 0.2) is 0 Å². The Morgan fingerprint density at radius 3 is 2.58 bits per heavy atom. The molecular weight excluding hydrogens is 240 g/mol. The lowest BCUT2D eigenvalue weighted by Gasteiger charge is -2.38. The molecule has 3 unspecified atom stereocenters. The van der Waals surface area contributed by atoms with E-state index < -0.39 is 11.5 Å². The van der Waals surface area contributed by atoms with Gasteiger partial charge in [0.1, 0.15) is 5.54 Å². The summed E-state index contributed by atoms with van der Waals surface area (Å²) >= 11 is 0. The zero-order valence-electron chi connectivity index (χ0n) is 12.5. The number of carboxylic acids is 1. The Kier molecular flexibility index (Phi) is 4.51. The zero-order chi connectivity index (χ0) is 14.0. The minimum absolute atomic E-state index is 0.430. The zero-order valence-corrected chi connectivity index (χ0v) is 12.5. The second kappa shape index (κ2) is 5.80. The van der Waals surface area contributed by atoms with Crippen LogP contribution in [0.3, 0.4) is 0 Å². The van der Waals surface area contributed by atoms with Crippen molar-refractivity contribution in [1.29, 1.82) is 0 Å². The van der Waals surface area contributed by atoms with Crippen molar-refractivity contribution in [3.05, 3.63) is 0 Å². The molecular formula is C15H28N2O2. The van der Waals surface area contributed by atoms with Crippen molar-refractivity contribution >= 4 is 5.97 Å². The Hall–Kier alpha value is -0.610. The SMILES string of the molecule is CC1CCN(CCC(C)(NC2CC2)C(=O)O)C(C)C1. The first-order valence-electron chi connectivity index (χ1n) is 7.66. The number of nitrogens with zero attached hydrogens (tertiary/aromatic N) is 1. The number of carboxylic acid groups (broad SMARTS) is 1. The van der Waals surface area contributed by atoms with Gasteiger partial charge in [-0.2, -0.15) is 0 Å². The standard InChI is InChI=1S/C15H28N2O2/c1-11-6-8-17(12(2)10-11)9-7-15(3,14(18)19)16-13-4-5-13/h11-13,16H,4-10H2,1-3H3,(H,18,19). The average molecular weight is 268 g/mol. The molecule has 3 atom stereocenters. The van der Waals surface area contributed by atoms with Crippen LogP contribution >= 0.6 is 0 Å². The number of piperidine rings is 1. The van der Waals surface area contributed by atoms with E-state index in [9.17, 15) is 9.90 Å². The molecule has 1 aliphatic heterocycles. The lowest BCUT2D eigenvalue weighted by molar-refractivity contribution is -0.144. The topological polar surface area (TPSA) is 52.6 Å². The van der Waals surface area contributed by atoms with E-state index in [1.54, 1.807) is 0 Å². The molecule has 2 rings (SSSR count). The highest BCUT2D eigenvalue weighted by atomic mass is 16.4. The van der Waals surface area contributed by atoms with E-state index in [1.807, 2.05) is 6.92 Å². The lowest BCUT2D eigenvalue weighted by atomic mass is 9.91. The molecule has 4 heteroatoms. The predicted molar refractivity (Wildman–Crippen MR) is 76.2 cm³/mol. The number of aliphatic carboxylic acids is 1. The summed E-state index contributed by atoms with van der Waals surface area (Å²) in [7, 11) is 0. The van der Waals surface area contributed by atoms with Crippen LogP contribution in [-0.2, 0) is 4.79 Å². The third kappa shape index (κ3) is 3.93. The quantitative estimate of drug-likeness (QED) is 0.774. The van der Waals surface area contributed by atoms with Gasteiger partial charge in [0, 0.05) is 18.6 Å². The molecule has 0 amide bonds. The summed E-state index contributed by atoms with van der Waals surface area (Å²) in [5, 5.41) is 12.8. The van der Waals surface area contributed by atoms with E-state index in [4.69, 9.17) is 0 Å². The third-order valence-corrected chi connectivity index (χ3v) is 4.75. The molecule has 1 saturated carbocycles. The van der Waals surface area contributed by atoms with Crippen molar-refractivity contribution in [2.24, 2.45) is 5.92 Å². The van der Waals surface area contributed by atoms with Crippen molar-refractivity contribution in [3.8, 4) is 0 Å². The molecule has 1 aliphatic carbocycles. The van der Waals surface area contributed by atoms with E-state index in [0.29, 0.717) is 18.5 Å². The van der Waals surface area contributed by atoms with Crippen LogP contribution in [0.5, 0.6) is 0 Å². The maximum Gasteiger partial charge on any atom is 0.323 e. The summed E-state index contributed by atoms with van der Waals surface area (Å²) < 4.78 is 0. The molecule has 0 aromatic carbocycles. The Morgan fingerprint density at radius 1 is 1.37 bits per heavy atom. The van der Waals surface area contributed by atoms with Gasteiger partial charge in [0.05, 0.1) is 0 Å². The van der Waals surface area contributed by atoms with Gasteiger partial charge in [0.15, 0.2) is 0 Å². The lowest BCUT2D eigenvalue weighted by Crippen LogP contribution is -2.53. The van der Waals surface area contributed by atoms with E-state index in [1.165, 1.54) is 12.8 Å². The molecule has 0 aromatic heterocycles. The summed E-state index contributed by atoms with van der Waals surface area (Å²) in [6, 6.07) is 1.02. The second-order valence-electron chi connectivity index (χ2n) is 6.82. The third-order valence-electron chi connectivity index (χ3n) is 4.75. The molecule has 4 nitrogen and oxygen atoms in total. The summed E-state index contributed by atoms with van der Waals surface area (Å²) in [5.74, 6) is 0.0964. The molecule has 2 aliphatic rings. The Morgan fingerprint density at radius 2 is 2.05 bits per heavy atom. The van der Waals surface area contributed by atoms with Gasteiger partial charge in [-0.3, -0.25) is 10.1 Å². The minimum atomic E-state index is -0.760. The fraction of sp³-hybridized carbons (Fsp3) is 0.933. The molecule has 0 radical (unpaired) electrons. The van der Waals surface area contributed by atoms with E-state index in [-0.39, 0.29) is 0 Å². The van der Waals surface area contributed by atoms with Crippen LogP contribution < -0.4 is 5.32 Å². The van der Waals surface area contributed by atoms with Gasteiger partial charge in [-0.15, -0.1) is 0 Å². The highest BCUT2D eigenvalue weighted by Gasteiger charge is 2.39. The van der Waals surface area contributed by atoms with Crippen LogP contribution in [-0.4, -0.2) is 46.7 Å². The molecule has 1 heterocycles. The van der Waals surface area contributed by atoms with Crippen molar-refractivity contribution < 1.29 is 9.90 Å². The number of likely N-dealkylation sites (tertiary alicyclic amines) is 1. The molecule has 0 spiro atoms. The van der Waals surface area contributed by atoms with Crippen molar-refractivity contribution in [1.82, 2.24) is 10.2 Å². The van der Waals surface area contributed by atoms with Crippen molar-refractivity contribution in [2.75, 3.05) is 13.1 Å². The average Bonchev–Trinajstić information content (AvgIpc) is 3.11. The predicted octanol–water partition coefficient (Wildman–Crippen LogP) is 2.09. The van der Waals surface area contributed by atoms with Crippen molar-refractivity contribution in [2.45, 2.75) is 70.5 Å². The minimum Gasteiger partial charge on any atom is -0.480 e. The molecule has 110 valence electrons. The number of carbonyl (C=O) groups is 1. The number of nitrogens with one attached hydrogen (secondary N) is 1. The molecule has 0 aromatic rings. The Balaban J connectivity index is 1.85. The maximum atomic E-state index is 11.5. The molecule has 2 fully saturated rings. The largest absolute Gasteiger partial charge is 0.480 e. The van der Waals surface area contributed by atoms with Crippen LogP contribution in [0.25, 0.3) is 0 Å². The number of rotatable bonds is 6. The van der Waals surface area contributed by atoms with Crippen LogP contribution in [0.4, 0.5) is 0 Å². The fourth-order valence-electron chi connectivity index (χ4n) is 3.07. The van der Waals surface area contributed by atoms with E-state index >= 15 is 0 Å². The highest BCUT2D eigenvalue weighted by Crippen LogP contribution is 2.26. The maximum absolute atomic E-state index is 11.5. The first-order valence-corrected chi connectivity index (χ1v) is 7.66. The van der Waals surface area contributed by atoms with Crippen molar-refractivity contribution in [3.63, 3.8) is 0 Å². The summed E-state index contributed by atoms with van der Waals surface area (Å²) in [4.78, 5) is 14.0. The van der Waals surface area contributed by atoms with Gasteiger partial charge >= 0.3 is 5.97 Å². The van der Waals surface area contributed by atoms with E-state index in [0.717, 1.165) is 31.8 Å². The first-order chi connectivity index (χ1) is 8.90. The summed E-state index contributed by atoms with van der Waals surface area (Å²) in [6.07, 6.45) is 5.42. The Bertz CT molecular complexity index is 330. The van der Waals surface area contributed by atoms with Gasteiger partial charge in [0.2, 0.25) is 0 Å². The fourth-order valence-corrected chi connectivity index (χ4v) is 3.07. The smallest absolute Gasteiger partial charge is 0.323 e. The van der Waals surface area contributed by atoms with Gasteiger partial charge in [-0.1, -0.05) is 6.92 Å². The normalized spacial score (nSPS) is 31.9. The monoisotopic (exact) mass is 268 g/mol. The van der Waals surface area contributed by atoms with Gasteiger partial charge < -0.3 is 10.0 Å². The first kappa shape index (κ1) is 14.8. The Labute approximate surface area is 116 Å². The molecule has 1 saturated heterocycles. The second-order valence-corrected chi connectivity index (χ2v) is 6.82. The van der Waals surface area contributed by atoms with Crippen LogP contribution in [0, 0.1) is 5.92 Å².